The van der Waals surface area contributed by atoms with E-state index in [-0.39, 0.29) is 6.61 Å². The number of ether oxygens (including phenoxy) is 1. The molecule has 5 heteroatoms. The molecule has 1 N–H and O–H groups in total. The van der Waals surface area contributed by atoms with Crippen LogP contribution in [0.1, 0.15) is 22.6 Å². The van der Waals surface area contributed by atoms with Gasteiger partial charge in [0.25, 0.3) is 0 Å². The minimum Gasteiger partial charge on any atom is -0.512 e. The van der Waals surface area contributed by atoms with E-state index < -0.39 is 6.67 Å². The van der Waals surface area contributed by atoms with Crippen LogP contribution < -0.4 is 4.74 Å². The molecule has 0 unspecified atom stereocenters. The van der Waals surface area contributed by atoms with Crippen LogP contribution in [0.25, 0.3) is 22.7 Å². The molecule has 0 bridgehead atoms. The molecule has 1 aliphatic carbocycles. The number of fused-ring (bicyclic) bond motifs is 1. The number of allylic oxidation sites excluding steroid dienone is 1. The van der Waals surface area contributed by atoms with Crippen LogP contribution in [0.5, 0.6) is 5.75 Å². The smallest absolute Gasteiger partial charge is 0.124 e. The van der Waals surface area contributed by atoms with E-state index in [1.165, 1.54) is 11.3 Å². The lowest BCUT2D eigenvalue weighted by Crippen LogP contribution is -2.00. The molecule has 0 aliphatic heterocycles. The van der Waals surface area contributed by atoms with Crippen LogP contribution in [-0.4, -0.2) is 23.4 Å². The van der Waals surface area contributed by atoms with Gasteiger partial charge in [-0.2, -0.15) is 0 Å². The van der Waals surface area contributed by atoms with E-state index in [9.17, 15) is 9.50 Å². The molecule has 22 heavy (non-hydrogen) atoms. The highest BCUT2D eigenvalue weighted by atomic mass is 32.1. The Hall–Kier alpha value is -2.14. The Morgan fingerprint density at radius 1 is 1.41 bits per heavy atom. The number of aliphatic hydroxyl groups is 1. The lowest BCUT2D eigenvalue weighted by atomic mass is 10.1. The minimum atomic E-state index is -0.497. The maximum Gasteiger partial charge on any atom is 0.124 e. The van der Waals surface area contributed by atoms with Crippen LogP contribution in [0.4, 0.5) is 4.39 Å². The molecule has 1 aromatic carbocycles. The summed E-state index contributed by atoms with van der Waals surface area (Å²) in [6, 6.07) is 5.75. The average Bonchev–Trinajstić information content (AvgIpc) is 2.80. The SMILES string of the molecule is Cc1cc(-c2nc3c(s2)C=C(O)CC=C3)ccc1OCCF. The van der Waals surface area contributed by atoms with Gasteiger partial charge in [0, 0.05) is 12.0 Å². The highest BCUT2D eigenvalue weighted by molar-refractivity contribution is 7.16. The third-order valence-electron chi connectivity index (χ3n) is 3.34. The summed E-state index contributed by atoms with van der Waals surface area (Å²) >= 11 is 1.54. The van der Waals surface area contributed by atoms with E-state index in [0.717, 1.165) is 26.7 Å². The lowest BCUT2D eigenvalue weighted by Gasteiger charge is -2.08. The molecule has 0 fully saturated rings. The summed E-state index contributed by atoms with van der Waals surface area (Å²) in [5, 5.41) is 10.6. The monoisotopic (exact) mass is 317 g/mol. The maximum atomic E-state index is 12.2. The third-order valence-corrected chi connectivity index (χ3v) is 4.41. The molecule has 0 spiro atoms. The number of nitrogens with zero attached hydrogens (tertiary/aromatic N) is 1. The Balaban J connectivity index is 1.92. The number of hydrogen-bond acceptors (Lipinski definition) is 4. The molecule has 0 amide bonds. The number of rotatable bonds is 4. The number of alkyl halides is 1. The zero-order valence-corrected chi connectivity index (χ0v) is 13.0. The van der Waals surface area contributed by atoms with E-state index in [1.54, 1.807) is 6.08 Å². The lowest BCUT2D eigenvalue weighted by molar-refractivity contribution is 0.272. The predicted octanol–water partition coefficient (Wildman–Crippen LogP) is 4.78. The number of benzene rings is 1. The van der Waals surface area contributed by atoms with E-state index in [4.69, 9.17) is 4.74 Å². The van der Waals surface area contributed by atoms with Crippen LogP contribution in [-0.2, 0) is 0 Å². The van der Waals surface area contributed by atoms with Crippen LogP contribution >= 0.6 is 11.3 Å². The van der Waals surface area contributed by atoms with Gasteiger partial charge in [0.1, 0.15) is 24.0 Å². The summed E-state index contributed by atoms with van der Waals surface area (Å²) in [6.45, 7) is 1.50. The van der Waals surface area contributed by atoms with Crippen molar-refractivity contribution < 1.29 is 14.2 Å². The van der Waals surface area contributed by atoms with Crippen molar-refractivity contribution in [3.63, 3.8) is 0 Å². The van der Waals surface area contributed by atoms with Gasteiger partial charge in [-0.3, -0.25) is 0 Å². The van der Waals surface area contributed by atoms with E-state index in [1.807, 2.05) is 37.3 Å². The molecule has 1 aliphatic rings. The summed E-state index contributed by atoms with van der Waals surface area (Å²) < 4.78 is 17.5. The van der Waals surface area contributed by atoms with Gasteiger partial charge in [-0.15, -0.1) is 11.3 Å². The maximum absolute atomic E-state index is 12.2. The summed E-state index contributed by atoms with van der Waals surface area (Å²) in [4.78, 5) is 5.58. The first kappa shape index (κ1) is 14.8. The first-order valence-electron chi connectivity index (χ1n) is 7.04. The molecule has 3 nitrogen and oxygen atoms in total. The molecule has 3 rings (SSSR count). The second-order valence-corrected chi connectivity index (χ2v) is 6.06. The molecule has 0 saturated carbocycles. The fraction of sp³-hybridized carbons (Fsp3) is 0.235. The number of aliphatic hydroxyl groups excluding tert-OH is 1. The molecular formula is C17H16FNO2S. The van der Waals surface area contributed by atoms with Crippen molar-refractivity contribution in [2.75, 3.05) is 13.3 Å². The van der Waals surface area contributed by atoms with Crippen molar-refractivity contribution in [3.8, 4) is 16.3 Å². The Morgan fingerprint density at radius 3 is 3.05 bits per heavy atom. The number of hydrogen-bond donors (Lipinski definition) is 1. The zero-order valence-electron chi connectivity index (χ0n) is 12.2. The first-order valence-corrected chi connectivity index (χ1v) is 7.85. The Labute approximate surface area is 132 Å². The summed E-state index contributed by atoms with van der Waals surface area (Å²) in [5.74, 6) is 1.04. The van der Waals surface area contributed by atoms with E-state index in [2.05, 4.69) is 4.98 Å². The molecule has 0 saturated heterocycles. The van der Waals surface area contributed by atoms with Gasteiger partial charge < -0.3 is 9.84 Å². The Morgan fingerprint density at radius 2 is 2.27 bits per heavy atom. The third kappa shape index (κ3) is 3.04. The zero-order chi connectivity index (χ0) is 15.5. The number of thiazole rings is 1. The van der Waals surface area contributed by atoms with Gasteiger partial charge in [-0.05, 0) is 42.8 Å². The van der Waals surface area contributed by atoms with Crippen molar-refractivity contribution in [1.29, 1.82) is 0 Å². The van der Waals surface area contributed by atoms with Crippen molar-refractivity contribution >= 4 is 23.5 Å². The normalized spacial score (nSPS) is 13.5. The number of halogens is 1. The number of aryl methyl sites for hydroxylation is 1. The average molecular weight is 317 g/mol. The second-order valence-electron chi connectivity index (χ2n) is 5.03. The van der Waals surface area contributed by atoms with Gasteiger partial charge in [-0.25, -0.2) is 9.37 Å². The molecule has 0 radical (unpaired) electrons. The van der Waals surface area contributed by atoms with Crippen LogP contribution in [0.15, 0.2) is 30.0 Å². The van der Waals surface area contributed by atoms with Gasteiger partial charge >= 0.3 is 0 Å². The van der Waals surface area contributed by atoms with E-state index >= 15 is 0 Å². The molecule has 1 heterocycles. The first-order chi connectivity index (χ1) is 10.7. The topological polar surface area (TPSA) is 42.4 Å². The second kappa shape index (κ2) is 6.32. The van der Waals surface area contributed by atoms with Crippen molar-refractivity contribution in [2.24, 2.45) is 0 Å². The predicted molar refractivity (Wildman–Crippen MR) is 88.0 cm³/mol. The fourth-order valence-electron chi connectivity index (χ4n) is 2.28. The summed E-state index contributed by atoms with van der Waals surface area (Å²) in [7, 11) is 0. The molecular weight excluding hydrogens is 301 g/mol. The van der Waals surface area contributed by atoms with Crippen LogP contribution in [0, 0.1) is 6.92 Å². The van der Waals surface area contributed by atoms with Gasteiger partial charge in [0.2, 0.25) is 0 Å². The Bertz CT molecular complexity index is 749. The quantitative estimate of drug-likeness (QED) is 0.882. The summed E-state index contributed by atoms with van der Waals surface area (Å²) in [5.41, 5.74) is 2.81. The molecule has 2 aromatic rings. The summed E-state index contributed by atoms with van der Waals surface area (Å²) in [6.07, 6.45) is 6.14. The van der Waals surface area contributed by atoms with E-state index in [0.29, 0.717) is 17.9 Å². The highest BCUT2D eigenvalue weighted by Gasteiger charge is 2.13. The Kier molecular flexibility index (Phi) is 4.24. The molecule has 1 aromatic heterocycles. The molecule has 114 valence electrons. The van der Waals surface area contributed by atoms with Crippen LogP contribution in [0.3, 0.4) is 0 Å². The van der Waals surface area contributed by atoms with Crippen molar-refractivity contribution in [3.05, 3.63) is 46.2 Å². The van der Waals surface area contributed by atoms with Crippen molar-refractivity contribution in [1.82, 2.24) is 4.98 Å². The van der Waals surface area contributed by atoms with Gasteiger partial charge in [0.05, 0.1) is 16.3 Å². The van der Waals surface area contributed by atoms with Crippen molar-refractivity contribution in [2.45, 2.75) is 13.3 Å². The fourth-order valence-corrected chi connectivity index (χ4v) is 3.29. The minimum absolute atomic E-state index is 0.0700. The highest BCUT2D eigenvalue weighted by Crippen LogP contribution is 2.34. The van der Waals surface area contributed by atoms with Crippen LogP contribution in [0.2, 0.25) is 0 Å². The van der Waals surface area contributed by atoms with Gasteiger partial charge in [0.15, 0.2) is 0 Å². The standard InChI is InChI=1S/C17H16FNO2S/c1-11-9-12(5-6-15(11)21-8-7-18)17-19-14-4-2-3-13(20)10-16(14)22-17/h2,4-6,9-10,20H,3,7-8H2,1H3. The van der Waals surface area contributed by atoms with Gasteiger partial charge in [-0.1, -0.05) is 6.08 Å². The number of aromatic nitrogens is 1. The largest absolute Gasteiger partial charge is 0.512 e. The molecule has 0 atom stereocenters.